The van der Waals surface area contributed by atoms with Crippen molar-refractivity contribution in [1.29, 1.82) is 0 Å². The summed E-state index contributed by atoms with van der Waals surface area (Å²) in [6, 6.07) is 0. The molecule has 0 aromatic heterocycles. The van der Waals surface area contributed by atoms with E-state index >= 15 is 0 Å². The van der Waals surface area contributed by atoms with Gasteiger partial charge in [-0.1, -0.05) is 13.8 Å². The molecule has 0 bridgehead atoms. The standard InChI is InChI=1S/C9H23NOSi/c1-9(2,12(4,5)11)7-6-8-10-3/h10-11H,6-8H2,1-5H3. The monoisotopic (exact) mass is 189 g/mol. The van der Waals surface area contributed by atoms with Gasteiger partial charge in [-0.3, -0.25) is 0 Å². The molecule has 0 saturated heterocycles. The van der Waals surface area contributed by atoms with Crippen molar-refractivity contribution in [2.24, 2.45) is 0 Å². The molecule has 0 aliphatic carbocycles. The normalized spacial score (nSPS) is 13.5. The Bertz CT molecular complexity index is 129. The lowest BCUT2D eigenvalue weighted by Gasteiger charge is -2.35. The Morgan fingerprint density at radius 2 is 1.83 bits per heavy atom. The van der Waals surface area contributed by atoms with Gasteiger partial charge in [0.2, 0.25) is 0 Å². The van der Waals surface area contributed by atoms with Crippen LogP contribution in [0.3, 0.4) is 0 Å². The third kappa shape index (κ3) is 3.69. The topological polar surface area (TPSA) is 32.3 Å². The van der Waals surface area contributed by atoms with E-state index < -0.39 is 8.32 Å². The smallest absolute Gasteiger partial charge is 0.188 e. The molecular formula is C9H23NOSi. The van der Waals surface area contributed by atoms with Crippen LogP contribution >= 0.6 is 0 Å². The third-order valence-electron chi connectivity index (χ3n) is 2.88. The van der Waals surface area contributed by atoms with Gasteiger partial charge in [0, 0.05) is 0 Å². The van der Waals surface area contributed by atoms with Gasteiger partial charge in [-0.15, -0.1) is 0 Å². The lowest BCUT2D eigenvalue weighted by molar-refractivity contribution is 0.440. The average Bonchev–Trinajstić information content (AvgIpc) is 1.85. The SMILES string of the molecule is CNCCCC(C)(C)[Si](C)(C)O. The van der Waals surface area contributed by atoms with Gasteiger partial charge in [-0.05, 0) is 44.6 Å². The number of rotatable bonds is 5. The van der Waals surface area contributed by atoms with Crippen LogP contribution in [0.25, 0.3) is 0 Å². The summed E-state index contributed by atoms with van der Waals surface area (Å²) in [6.07, 6.45) is 2.27. The van der Waals surface area contributed by atoms with Crippen molar-refractivity contribution in [2.75, 3.05) is 13.6 Å². The van der Waals surface area contributed by atoms with Gasteiger partial charge in [-0.25, -0.2) is 0 Å². The Balaban J connectivity index is 3.88. The third-order valence-corrected chi connectivity index (χ3v) is 6.45. The molecule has 0 unspecified atom stereocenters. The summed E-state index contributed by atoms with van der Waals surface area (Å²) < 4.78 is 0. The highest BCUT2D eigenvalue weighted by Crippen LogP contribution is 2.39. The molecule has 0 rings (SSSR count). The van der Waals surface area contributed by atoms with E-state index in [9.17, 15) is 4.80 Å². The zero-order chi connectivity index (χ0) is 9.83. The highest BCUT2D eigenvalue weighted by Gasteiger charge is 2.36. The molecule has 0 heterocycles. The van der Waals surface area contributed by atoms with Crippen LogP contribution in [0.1, 0.15) is 26.7 Å². The first-order valence-corrected chi connectivity index (χ1v) is 7.63. The molecule has 0 fully saturated rings. The molecule has 0 aliphatic rings. The molecule has 0 spiro atoms. The van der Waals surface area contributed by atoms with Gasteiger partial charge in [0.25, 0.3) is 0 Å². The van der Waals surface area contributed by atoms with Crippen molar-refractivity contribution >= 4 is 8.32 Å². The molecule has 2 nitrogen and oxygen atoms in total. The molecule has 12 heavy (non-hydrogen) atoms. The Hall–Kier alpha value is 0.137. The van der Waals surface area contributed by atoms with Crippen LogP contribution in [-0.4, -0.2) is 26.7 Å². The first-order valence-electron chi connectivity index (χ1n) is 4.68. The maximum atomic E-state index is 9.96. The van der Waals surface area contributed by atoms with E-state index in [4.69, 9.17) is 0 Å². The summed E-state index contributed by atoms with van der Waals surface area (Å²) in [6.45, 7) is 9.44. The molecule has 0 atom stereocenters. The van der Waals surface area contributed by atoms with Gasteiger partial charge >= 0.3 is 0 Å². The minimum Gasteiger partial charge on any atom is -0.432 e. The number of hydrogen-bond acceptors (Lipinski definition) is 2. The van der Waals surface area contributed by atoms with Crippen molar-refractivity contribution in [2.45, 2.75) is 44.8 Å². The second-order valence-corrected chi connectivity index (χ2v) is 9.12. The lowest BCUT2D eigenvalue weighted by atomic mass is 10.1. The van der Waals surface area contributed by atoms with E-state index in [2.05, 4.69) is 19.2 Å². The minimum absolute atomic E-state index is 0.143. The summed E-state index contributed by atoms with van der Waals surface area (Å²) in [5.41, 5.74) is 0. The van der Waals surface area contributed by atoms with Gasteiger partial charge in [-0.2, -0.15) is 0 Å². The van der Waals surface area contributed by atoms with E-state index in [0.29, 0.717) is 0 Å². The average molecular weight is 189 g/mol. The molecule has 0 aromatic carbocycles. The van der Waals surface area contributed by atoms with Crippen molar-refractivity contribution in [3.8, 4) is 0 Å². The lowest BCUT2D eigenvalue weighted by Crippen LogP contribution is -2.39. The molecule has 2 N–H and O–H groups in total. The summed E-state index contributed by atoms with van der Waals surface area (Å²) in [4.78, 5) is 9.96. The van der Waals surface area contributed by atoms with Gasteiger partial charge in [0.15, 0.2) is 8.32 Å². The van der Waals surface area contributed by atoms with E-state index in [1.54, 1.807) is 0 Å². The Morgan fingerprint density at radius 3 is 2.17 bits per heavy atom. The maximum Gasteiger partial charge on any atom is 0.188 e. The highest BCUT2D eigenvalue weighted by atomic mass is 28.4. The summed E-state index contributed by atoms with van der Waals surface area (Å²) in [7, 11) is 0.00417. The van der Waals surface area contributed by atoms with Gasteiger partial charge < -0.3 is 10.1 Å². The Labute approximate surface area is 77.5 Å². The quantitative estimate of drug-likeness (QED) is 0.512. The molecule has 3 heteroatoms. The van der Waals surface area contributed by atoms with Crippen LogP contribution in [0.2, 0.25) is 18.1 Å². The van der Waals surface area contributed by atoms with Crippen molar-refractivity contribution in [1.82, 2.24) is 5.32 Å². The molecular weight excluding hydrogens is 166 g/mol. The summed E-state index contributed by atoms with van der Waals surface area (Å²) in [5, 5.41) is 3.27. The molecule has 0 saturated carbocycles. The molecule has 74 valence electrons. The zero-order valence-corrected chi connectivity index (χ0v) is 10.1. The van der Waals surface area contributed by atoms with Crippen LogP contribution in [0.4, 0.5) is 0 Å². The highest BCUT2D eigenvalue weighted by molar-refractivity contribution is 6.72. The van der Waals surface area contributed by atoms with E-state index in [-0.39, 0.29) is 5.04 Å². The fourth-order valence-corrected chi connectivity index (χ4v) is 1.80. The second-order valence-electron chi connectivity index (χ2n) is 4.65. The van der Waals surface area contributed by atoms with Gasteiger partial charge in [0.1, 0.15) is 0 Å². The number of hydrogen-bond donors (Lipinski definition) is 2. The molecule has 0 radical (unpaired) electrons. The van der Waals surface area contributed by atoms with Crippen molar-refractivity contribution in [3.05, 3.63) is 0 Å². The second kappa shape index (κ2) is 4.39. The van der Waals surface area contributed by atoms with E-state index in [0.717, 1.165) is 19.4 Å². The van der Waals surface area contributed by atoms with E-state index in [1.165, 1.54) is 0 Å². The van der Waals surface area contributed by atoms with Gasteiger partial charge in [0.05, 0.1) is 0 Å². The summed E-state index contributed by atoms with van der Waals surface area (Å²) >= 11 is 0. The molecule has 0 aromatic rings. The predicted octanol–water partition coefficient (Wildman–Crippen LogP) is 1.96. The zero-order valence-electron chi connectivity index (χ0n) is 9.07. The minimum atomic E-state index is -1.96. The largest absolute Gasteiger partial charge is 0.432 e. The fourth-order valence-electron chi connectivity index (χ4n) is 1.01. The first-order chi connectivity index (χ1) is 5.31. The summed E-state index contributed by atoms with van der Waals surface area (Å²) in [5.74, 6) is 0. The predicted molar refractivity (Wildman–Crippen MR) is 56.9 cm³/mol. The Morgan fingerprint density at radius 1 is 1.33 bits per heavy atom. The van der Waals surface area contributed by atoms with Crippen molar-refractivity contribution in [3.63, 3.8) is 0 Å². The van der Waals surface area contributed by atoms with Crippen LogP contribution < -0.4 is 5.32 Å². The molecule has 0 amide bonds. The van der Waals surface area contributed by atoms with Crippen LogP contribution in [0.15, 0.2) is 0 Å². The molecule has 0 aliphatic heterocycles. The van der Waals surface area contributed by atoms with Crippen LogP contribution in [-0.2, 0) is 0 Å². The van der Waals surface area contributed by atoms with E-state index in [1.807, 2.05) is 20.1 Å². The maximum absolute atomic E-state index is 9.96. The van der Waals surface area contributed by atoms with Crippen LogP contribution in [0, 0.1) is 0 Å². The Kier molecular flexibility index (Phi) is 4.44. The van der Waals surface area contributed by atoms with Crippen molar-refractivity contribution < 1.29 is 4.80 Å². The van der Waals surface area contributed by atoms with Crippen LogP contribution in [0.5, 0.6) is 0 Å². The number of nitrogens with one attached hydrogen (secondary N) is 1. The fraction of sp³-hybridized carbons (Fsp3) is 1.00. The first kappa shape index (κ1) is 12.1.